The Balaban J connectivity index is 1.66. The number of anilines is 1. The number of carbonyl (C=O) groups excluding carboxylic acids is 1. The van der Waals surface area contributed by atoms with E-state index in [1.807, 2.05) is 42.5 Å². The maximum atomic E-state index is 12.2. The zero-order valence-electron chi connectivity index (χ0n) is 11.8. The van der Waals surface area contributed by atoms with E-state index in [1.54, 1.807) is 13.1 Å². The lowest BCUT2D eigenvalue weighted by molar-refractivity contribution is -0.122. The highest BCUT2D eigenvalue weighted by atomic mass is 79.9. The van der Waals surface area contributed by atoms with Crippen molar-refractivity contribution >= 4 is 38.4 Å². The van der Waals surface area contributed by atoms with Crippen LogP contribution in [0, 0.1) is 0 Å². The number of halogens is 1. The van der Waals surface area contributed by atoms with Crippen LogP contribution in [-0.2, 0) is 4.79 Å². The van der Waals surface area contributed by atoms with E-state index in [0.29, 0.717) is 11.4 Å². The minimum absolute atomic E-state index is 0.207. The molecule has 0 spiro atoms. The summed E-state index contributed by atoms with van der Waals surface area (Å²) in [5.41, 5.74) is 1.58. The normalized spacial score (nSPS) is 12.1. The van der Waals surface area contributed by atoms with E-state index in [4.69, 9.17) is 4.74 Å². The third-order valence-electron chi connectivity index (χ3n) is 3.21. The summed E-state index contributed by atoms with van der Waals surface area (Å²) in [7, 11) is 0. The summed E-state index contributed by atoms with van der Waals surface area (Å²) in [6.07, 6.45) is 1.14. The lowest BCUT2D eigenvalue weighted by Crippen LogP contribution is -2.30. The van der Waals surface area contributed by atoms with Crippen molar-refractivity contribution in [2.24, 2.45) is 0 Å². The van der Waals surface area contributed by atoms with Gasteiger partial charge in [-0.15, -0.1) is 0 Å². The van der Waals surface area contributed by atoms with Gasteiger partial charge in [-0.25, -0.2) is 0 Å². The standard InChI is InChI=1S/C16H14BrN3O2/c1-10(22-14-6-3-12(17)4-7-14)16(21)19-13-5-2-11-9-18-20-15(11)8-13/h2-10H,1H3,(H,18,20)(H,19,21). The fourth-order valence-electron chi connectivity index (χ4n) is 2.03. The molecule has 3 aromatic rings. The summed E-state index contributed by atoms with van der Waals surface area (Å²) in [6.45, 7) is 1.71. The van der Waals surface area contributed by atoms with Gasteiger partial charge in [-0.05, 0) is 49.4 Å². The molecule has 2 aromatic carbocycles. The van der Waals surface area contributed by atoms with Gasteiger partial charge in [-0.3, -0.25) is 9.89 Å². The summed E-state index contributed by atoms with van der Waals surface area (Å²) in [6, 6.07) is 12.9. The number of amides is 1. The molecular weight excluding hydrogens is 346 g/mol. The molecule has 0 fully saturated rings. The number of nitrogens with zero attached hydrogens (tertiary/aromatic N) is 1. The quantitative estimate of drug-likeness (QED) is 0.745. The summed E-state index contributed by atoms with van der Waals surface area (Å²) in [5, 5.41) is 10.7. The first-order chi connectivity index (χ1) is 10.6. The molecule has 112 valence electrons. The molecule has 3 rings (SSSR count). The summed E-state index contributed by atoms with van der Waals surface area (Å²) >= 11 is 3.36. The predicted molar refractivity (Wildman–Crippen MR) is 89.0 cm³/mol. The molecule has 22 heavy (non-hydrogen) atoms. The van der Waals surface area contributed by atoms with Gasteiger partial charge in [-0.1, -0.05) is 15.9 Å². The largest absolute Gasteiger partial charge is 0.481 e. The number of ether oxygens (including phenoxy) is 1. The molecule has 0 aliphatic carbocycles. The average molecular weight is 360 g/mol. The first-order valence-corrected chi connectivity index (χ1v) is 7.57. The second-order valence-electron chi connectivity index (χ2n) is 4.88. The molecule has 1 aromatic heterocycles. The summed E-state index contributed by atoms with van der Waals surface area (Å²) < 4.78 is 6.59. The second-order valence-corrected chi connectivity index (χ2v) is 5.79. The van der Waals surface area contributed by atoms with E-state index in [9.17, 15) is 4.79 Å². The van der Waals surface area contributed by atoms with Crippen molar-refractivity contribution in [3.63, 3.8) is 0 Å². The Morgan fingerprint density at radius 2 is 2.05 bits per heavy atom. The van der Waals surface area contributed by atoms with Gasteiger partial charge in [0.25, 0.3) is 5.91 Å². The Kier molecular flexibility index (Phi) is 4.11. The van der Waals surface area contributed by atoms with Crippen LogP contribution in [0.15, 0.2) is 53.1 Å². The number of H-pyrrole nitrogens is 1. The minimum atomic E-state index is -0.598. The number of hydrogen-bond acceptors (Lipinski definition) is 3. The monoisotopic (exact) mass is 359 g/mol. The Hall–Kier alpha value is -2.34. The van der Waals surface area contributed by atoms with Crippen LogP contribution in [0.3, 0.4) is 0 Å². The zero-order valence-corrected chi connectivity index (χ0v) is 13.4. The number of nitrogens with one attached hydrogen (secondary N) is 2. The van der Waals surface area contributed by atoms with Gasteiger partial charge in [0, 0.05) is 15.5 Å². The van der Waals surface area contributed by atoms with Gasteiger partial charge in [0.15, 0.2) is 6.10 Å². The third kappa shape index (κ3) is 3.28. The van der Waals surface area contributed by atoms with Crippen LogP contribution in [0.4, 0.5) is 5.69 Å². The SMILES string of the molecule is CC(Oc1ccc(Br)cc1)C(=O)Nc1ccc2cn[nH]c2c1. The molecule has 0 radical (unpaired) electrons. The molecule has 0 saturated heterocycles. The topological polar surface area (TPSA) is 67.0 Å². The van der Waals surface area contributed by atoms with Gasteiger partial charge in [0.2, 0.25) is 0 Å². The summed E-state index contributed by atoms with van der Waals surface area (Å²) in [5.74, 6) is 0.441. The van der Waals surface area contributed by atoms with Crippen LogP contribution in [0.1, 0.15) is 6.92 Å². The molecule has 0 bridgehead atoms. The van der Waals surface area contributed by atoms with E-state index in [0.717, 1.165) is 15.4 Å². The molecule has 2 N–H and O–H groups in total. The van der Waals surface area contributed by atoms with Crippen LogP contribution in [-0.4, -0.2) is 22.2 Å². The molecule has 5 nitrogen and oxygen atoms in total. The fourth-order valence-corrected chi connectivity index (χ4v) is 2.29. The lowest BCUT2D eigenvalue weighted by Gasteiger charge is -2.14. The highest BCUT2D eigenvalue weighted by Crippen LogP contribution is 2.19. The molecule has 0 aliphatic heterocycles. The maximum absolute atomic E-state index is 12.2. The van der Waals surface area contributed by atoms with Crippen LogP contribution in [0.2, 0.25) is 0 Å². The number of rotatable bonds is 4. The number of carbonyl (C=O) groups is 1. The van der Waals surface area contributed by atoms with Crippen molar-refractivity contribution < 1.29 is 9.53 Å². The average Bonchev–Trinajstić information content (AvgIpc) is 2.97. The Morgan fingerprint density at radius 3 is 2.82 bits per heavy atom. The first kappa shape index (κ1) is 14.6. The molecule has 1 heterocycles. The zero-order chi connectivity index (χ0) is 15.5. The molecule has 0 saturated carbocycles. The Bertz CT molecular complexity index is 799. The van der Waals surface area contributed by atoms with Crippen molar-refractivity contribution in [3.8, 4) is 5.75 Å². The molecule has 1 unspecified atom stereocenters. The van der Waals surface area contributed by atoms with Crippen molar-refractivity contribution in [2.45, 2.75) is 13.0 Å². The molecule has 1 amide bonds. The number of fused-ring (bicyclic) bond motifs is 1. The first-order valence-electron chi connectivity index (χ1n) is 6.78. The van der Waals surface area contributed by atoms with Crippen molar-refractivity contribution in [1.29, 1.82) is 0 Å². The Morgan fingerprint density at radius 1 is 1.27 bits per heavy atom. The van der Waals surface area contributed by atoms with E-state index in [2.05, 4.69) is 31.4 Å². The van der Waals surface area contributed by atoms with Gasteiger partial charge in [0.05, 0.1) is 11.7 Å². The van der Waals surface area contributed by atoms with Crippen LogP contribution < -0.4 is 10.1 Å². The molecule has 0 aliphatic rings. The highest BCUT2D eigenvalue weighted by molar-refractivity contribution is 9.10. The lowest BCUT2D eigenvalue weighted by atomic mass is 10.2. The maximum Gasteiger partial charge on any atom is 0.265 e. The number of benzene rings is 2. The number of hydrogen-bond donors (Lipinski definition) is 2. The van der Waals surface area contributed by atoms with Gasteiger partial charge in [-0.2, -0.15) is 5.10 Å². The van der Waals surface area contributed by atoms with Crippen LogP contribution >= 0.6 is 15.9 Å². The molecule has 1 atom stereocenters. The van der Waals surface area contributed by atoms with Gasteiger partial charge < -0.3 is 10.1 Å². The van der Waals surface area contributed by atoms with E-state index in [1.165, 1.54) is 0 Å². The van der Waals surface area contributed by atoms with E-state index < -0.39 is 6.10 Å². The predicted octanol–water partition coefficient (Wildman–Crippen LogP) is 3.73. The van der Waals surface area contributed by atoms with Crippen molar-refractivity contribution in [3.05, 3.63) is 53.1 Å². The van der Waals surface area contributed by atoms with E-state index >= 15 is 0 Å². The third-order valence-corrected chi connectivity index (χ3v) is 3.73. The molecular formula is C16H14BrN3O2. The van der Waals surface area contributed by atoms with E-state index in [-0.39, 0.29) is 5.91 Å². The van der Waals surface area contributed by atoms with Gasteiger partial charge >= 0.3 is 0 Å². The fraction of sp³-hybridized carbons (Fsp3) is 0.125. The van der Waals surface area contributed by atoms with Crippen LogP contribution in [0.25, 0.3) is 10.9 Å². The highest BCUT2D eigenvalue weighted by Gasteiger charge is 2.15. The molecule has 6 heteroatoms. The number of aromatic amines is 1. The van der Waals surface area contributed by atoms with Crippen molar-refractivity contribution in [1.82, 2.24) is 10.2 Å². The summed E-state index contributed by atoms with van der Waals surface area (Å²) in [4.78, 5) is 12.2. The van der Waals surface area contributed by atoms with Crippen molar-refractivity contribution in [2.75, 3.05) is 5.32 Å². The number of aromatic nitrogens is 2. The Labute approximate surface area is 135 Å². The minimum Gasteiger partial charge on any atom is -0.481 e. The smallest absolute Gasteiger partial charge is 0.265 e. The van der Waals surface area contributed by atoms with Gasteiger partial charge in [0.1, 0.15) is 5.75 Å². The van der Waals surface area contributed by atoms with Crippen LogP contribution in [0.5, 0.6) is 5.75 Å². The second kappa shape index (κ2) is 6.19.